The molecule has 0 N–H and O–H groups in total. The molecule has 0 aliphatic rings. The van der Waals surface area contributed by atoms with Crippen molar-refractivity contribution >= 4 is 21.6 Å². The van der Waals surface area contributed by atoms with Gasteiger partial charge >= 0.3 is 0 Å². The molecule has 18 heavy (non-hydrogen) atoms. The Hall–Kier alpha value is -1.76. The minimum atomic E-state index is 0.648. The number of nitrogens with zero attached hydrogens (tertiary/aromatic N) is 6. The molecule has 7 heteroatoms. The van der Waals surface area contributed by atoms with Crippen LogP contribution >= 0.6 is 15.9 Å². The Morgan fingerprint density at radius 1 is 1.28 bits per heavy atom. The Morgan fingerprint density at radius 2 is 2.11 bits per heavy atom. The summed E-state index contributed by atoms with van der Waals surface area (Å²) in [6.45, 7) is 1.96. The van der Waals surface area contributed by atoms with Crippen molar-refractivity contribution < 1.29 is 0 Å². The zero-order valence-electron chi connectivity index (χ0n) is 10.0. The molecule has 0 saturated heterocycles. The monoisotopic (exact) mass is 306 g/mol. The van der Waals surface area contributed by atoms with Crippen LogP contribution in [0.15, 0.2) is 23.2 Å². The first-order valence-electron chi connectivity index (χ1n) is 5.48. The van der Waals surface area contributed by atoms with Crippen molar-refractivity contribution in [2.24, 2.45) is 7.05 Å². The first kappa shape index (κ1) is 11.3. The normalized spacial score (nSPS) is 11.3. The van der Waals surface area contributed by atoms with Gasteiger partial charge in [-0.1, -0.05) is 0 Å². The van der Waals surface area contributed by atoms with Crippen molar-refractivity contribution in [1.82, 2.24) is 29.4 Å². The van der Waals surface area contributed by atoms with E-state index in [-0.39, 0.29) is 0 Å². The van der Waals surface area contributed by atoms with Crippen LogP contribution in [0.5, 0.6) is 0 Å². The predicted molar refractivity (Wildman–Crippen MR) is 69.2 cm³/mol. The molecule has 3 aromatic heterocycles. The number of fused-ring (bicyclic) bond motifs is 1. The summed E-state index contributed by atoms with van der Waals surface area (Å²) >= 11 is 3.39. The van der Waals surface area contributed by atoms with Crippen LogP contribution in [0.4, 0.5) is 0 Å². The van der Waals surface area contributed by atoms with Gasteiger partial charge in [-0.2, -0.15) is 9.90 Å². The molecule has 0 aromatic carbocycles. The first-order chi connectivity index (χ1) is 8.61. The lowest BCUT2D eigenvalue weighted by Gasteiger charge is -1.92. The van der Waals surface area contributed by atoms with Gasteiger partial charge in [0, 0.05) is 25.9 Å². The molecular formula is C11H11BrN6. The van der Waals surface area contributed by atoms with Crippen molar-refractivity contribution in [3.8, 4) is 0 Å². The van der Waals surface area contributed by atoms with E-state index in [2.05, 4.69) is 36.1 Å². The van der Waals surface area contributed by atoms with E-state index in [0.29, 0.717) is 6.42 Å². The van der Waals surface area contributed by atoms with Crippen LogP contribution in [-0.4, -0.2) is 29.4 Å². The van der Waals surface area contributed by atoms with Gasteiger partial charge in [-0.25, -0.2) is 4.98 Å². The van der Waals surface area contributed by atoms with Crippen LogP contribution in [0.1, 0.15) is 17.1 Å². The zero-order chi connectivity index (χ0) is 12.7. The molecule has 3 heterocycles. The van der Waals surface area contributed by atoms with Gasteiger partial charge < -0.3 is 4.40 Å². The minimum Gasteiger partial charge on any atom is -0.304 e. The van der Waals surface area contributed by atoms with Crippen molar-refractivity contribution in [2.45, 2.75) is 13.3 Å². The number of halogens is 1. The van der Waals surface area contributed by atoms with Gasteiger partial charge in [0.05, 0.1) is 17.6 Å². The number of aryl methyl sites for hydroxylation is 2. The number of imidazole rings is 1. The highest BCUT2D eigenvalue weighted by Crippen LogP contribution is 2.15. The molecule has 3 aromatic rings. The standard InChI is InChI=1S/C11H11BrN6/c1-7-5-18-6-8(14-10(18)4-13-7)3-9-11(12)16-17(2)15-9/h4-6H,3H2,1-2H3. The van der Waals surface area contributed by atoms with Crippen LogP contribution < -0.4 is 0 Å². The van der Waals surface area contributed by atoms with Gasteiger partial charge in [0.25, 0.3) is 0 Å². The third-order valence-corrected chi connectivity index (χ3v) is 3.22. The lowest BCUT2D eigenvalue weighted by atomic mass is 10.3. The summed E-state index contributed by atoms with van der Waals surface area (Å²) in [5.74, 6) is 0. The lowest BCUT2D eigenvalue weighted by molar-refractivity contribution is 0.644. The number of hydrogen-bond acceptors (Lipinski definition) is 4. The molecule has 0 atom stereocenters. The fraction of sp³-hybridized carbons (Fsp3) is 0.273. The summed E-state index contributed by atoms with van der Waals surface area (Å²) in [7, 11) is 1.80. The first-order valence-corrected chi connectivity index (χ1v) is 6.27. The Balaban J connectivity index is 1.97. The molecule has 0 aliphatic carbocycles. The van der Waals surface area contributed by atoms with Gasteiger partial charge in [-0.15, -0.1) is 5.10 Å². The molecule has 0 aliphatic heterocycles. The smallest absolute Gasteiger partial charge is 0.155 e. The fourth-order valence-electron chi connectivity index (χ4n) is 1.84. The molecule has 92 valence electrons. The highest BCUT2D eigenvalue weighted by molar-refractivity contribution is 9.10. The van der Waals surface area contributed by atoms with E-state index in [1.807, 2.05) is 23.7 Å². The second-order valence-corrected chi connectivity index (χ2v) is 4.88. The Kier molecular flexibility index (Phi) is 2.62. The average Bonchev–Trinajstić information content (AvgIpc) is 2.82. The molecule has 0 radical (unpaired) electrons. The summed E-state index contributed by atoms with van der Waals surface area (Å²) in [5.41, 5.74) is 3.64. The van der Waals surface area contributed by atoms with Crippen molar-refractivity contribution in [1.29, 1.82) is 0 Å². The number of aromatic nitrogens is 6. The Labute approximate surface area is 112 Å². The van der Waals surface area contributed by atoms with Crippen LogP contribution in [0.25, 0.3) is 5.65 Å². The lowest BCUT2D eigenvalue weighted by Crippen LogP contribution is -1.94. The highest BCUT2D eigenvalue weighted by atomic mass is 79.9. The van der Waals surface area contributed by atoms with E-state index in [1.165, 1.54) is 0 Å². The number of rotatable bonds is 2. The topological polar surface area (TPSA) is 60.9 Å². The average molecular weight is 307 g/mol. The largest absolute Gasteiger partial charge is 0.304 e. The van der Waals surface area contributed by atoms with Gasteiger partial charge in [0.1, 0.15) is 5.69 Å². The molecular weight excluding hydrogens is 296 g/mol. The van der Waals surface area contributed by atoms with E-state index < -0.39 is 0 Å². The third-order valence-electron chi connectivity index (χ3n) is 2.61. The molecule has 0 spiro atoms. The predicted octanol–water partition coefficient (Wildman–Crippen LogP) is 1.52. The maximum atomic E-state index is 4.50. The summed E-state index contributed by atoms with van der Waals surface area (Å²) in [4.78, 5) is 10.3. The zero-order valence-corrected chi connectivity index (χ0v) is 11.6. The highest BCUT2D eigenvalue weighted by Gasteiger charge is 2.10. The molecule has 0 amide bonds. The van der Waals surface area contributed by atoms with E-state index in [0.717, 1.165) is 27.3 Å². The van der Waals surface area contributed by atoms with Gasteiger partial charge in [0.15, 0.2) is 10.3 Å². The fourth-order valence-corrected chi connectivity index (χ4v) is 2.29. The van der Waals surface area contributed by atoms with Gasteiger partial charge in [0.2, 0.25) is 0 Å². The van der Waals surface area contributed by atoms with Gasteiger partial charge in [-0.05, 0) is 22.9 Å². The minimum absolute atomic E-state index is 0.648. The molecule has 0 unspecified atom stereocenters. The Morgan fingerprint density at radius 3 is 2.83 bits per heavy atom. The molecule has 0 bridgehead atoms. The van der Waals surface area contributed by atoms with Crippen molar-refractivity contribution in [2.75, 3.05) is 0 Å². The molecule has 3 rings (SSSR count). The Bertz CT molecular complexity index is 713. The summed E-state index contributed by atoms with van der Waals surface area (Å²) in [6.07, 6.45) is 6.36. The van der Waals surface area contributed by atoms with Crippen LogP contribution in [0.3, 0.4) is 0 Å². The summed E-state index contributed by atoms with van der Waals surface area (Å²) < 4.78 is 2.73. The third kappa shape index (κ3) is 2.01. The second kappa shape index (κ2) is 4.16. The molecule has 0 fully saturated rings. The maximum Gasteiger partial charge on any atom is 0.155 e. The second-order valence-electron chi connectivity index (χ2n) is 4.13. The van der Waals surface area contributed by atoms with Gasteiger partial charge in [-0.3, -0.25) is 4.98 Å². The van der Waals surface area contributed by atoms with Crippen molar-refractivity contribution in [3.05, 3.63) is 40.3 Å². The van der Waals surface area contributed by atoms with E-state index in [1.54, 1.807) is 18.0 Å². The summed E-state index contributed by atoms with van der Waals surface area (Å²) in [6, 6.07) is 0. The van der Waals surface area contributed by atoms with Crippen molar-refractivity contribution in [3.63, 3.8) is 0 Å². The van der Waals surface area contributed by atoms with E-state index in [4.69, 9.17) is 0 Å². The molecule has 0 saturated carbocycles. The number of hydrogen-bond donors (Lipinski definition) is 0. The van der Waals surface area contributed by atoms with E-state index >= 15 is 0 Å². The van der Waals surface area contributed by atoms with E-state index in [9.17, 15) is 0 Å². The molecule has 6 nitrogen and oxygen atoms in total. The van der Waals surface area contributed by atoms with Crippen LogP contribution in [0.2, 0.25) is 0 Å². The SMILES string of the molecule is Cc1cn2cc(Cc3nn(C)nc3Br)nc2cn1. The maximum absolute atomic E-state index is 4.50. The summed E-state index contributed by atoms with van der Waals surface area (Å²) in [5, 5.41) is 8.44. The van der Waals surface area contributed by atoms with Crippen LogP contribution in [-0.2, 0) is 13.5 Å². The van der Waals surface area contributed by atoms with Crippen LogP contribution in [0, 0.1) is 6.92 Å². The quantitative estimate of drug-likeness (QED) is 0.720.